The summed E-state index contributed by atoms with van der Waals surface area (Å²) in [6.45, 7) is 0. The quantitative estimate of drug-likeness (QED) is 0.590. The summed E-state index contributed by atoms with van der Waals surface area (Å²) in [5.74, 6) is -1.53. The summed E-state index contributed by atoms with van der Waals surface area (Å²) in [5.41, 5.74) is 0.156. The third-order valence-electron chi connectivity index (χ3n) is 2.27. The molecule has 0 saturated carbocycles. The van der Waals surface area contributed by atoms with Gasteiger partial charge in [-0.2, -0.15) is 0 Å². The maximum absolute atomic E-state index is 13.0. The largest absolute Gasteiger partial charge is 0.277 e. The summed E-state index contributed by atoms with van der Waals surface area (Å²) in [4.78, 5) is 10.2. The fourth-order valence-corrected chi connectivity index (χ4v) is 1.59. The van der Waals surface area contributed by atoms with Gasteiger partial charge in [0.15, 0.2) is 0 Å². The first kappa shape index (κ1) is 11.2. The molecule has 0 unspecified atom stereocenters. The minimum absolute atomic E-state index is 0.148. The Kier molecular flexibility index (Phi) is 2.82. The van der Waals surface area contributed by atoms with E-state index in [1.807, 2.05) is 0 Å². The summed E-state index contributed by atoms with van der Waals surface area (Å²) in [6.07, 6.45) is 0. The smallest absolute Gasteiger partial charge is 0.258 e. The Morgan fingerprint density at radius 3 is 2.18 bits per heavy atom. The normalized spacial score (nSPS) is 10.2. The van der Waals surface area contributed by atoms with Crippen LogP contribution in [0, 0.1) is 21.7 Å². The van der Waals surface area contributed by atoms with Crippen molar-refractivity contribution in [3.8, 4) is 11.1 Å². The molecule has 0 atom stereocenters. The molecule has 3 nitrogen and oxygen atoms in total. The minimum Gasteiger partial charge on any atom is -0.258 e. The third kappa shape index (κ3) is 2.28. The van der Waals surface area contributed by atoms with Crippen molar-refractivity contribution < 1.29 is 13.7 Å². The van der Waals surface area contributed by atoms with E-state index < -0.39 is 16.6 Å². The molecule has 0 aromatic heterocycles. The molecule has 2 rings (SSSR count). The second kappa shape index (κ2) is 4.29. The van der Waals surface area contributed by atoms with Gasteiger partial charge in [-0.25, -0.2) is 8.78 Å². The third-order valence-corrected chi connectivity index (χ3v) is 2.27. The Balaban J connectivity index is 2.64. The molecule has 0 aliphatic carbocycles. The van der Waals surface area contributed by atoms with Crippen molar-refractivity contribution in [3.63, 3.8) is 0 Å². The summed E-state index contributed by atoms with van der Waals surface area (Å²) in [6, 6.07) is 8.65. The lowest BCUT2D eigenvalue weighted by Crippen LogP contribution is -1.92. The van der Waals surface area contributed by atoms with Crippen LogP contribution in [0.2, 0.25) is 0 Å². The fraction of sp³-hybridized carbons (Fsp3) is 0. The van der Waals surface area contributed by atoms with Crippen LogP contribution in [0.1, 0.15) is 0 Å². The van der Waals surface area contributed by atoms with Crippen LogP contribution in [-0.2, 0) is 0 Å². The van der Waals surface area contributed by atoms with Gasteiger partial charge in [0.1, 0.15) is 11.6 Å². The first-order valence-corrected chi connectivity index (χ1v) is 4.78. The zero-order valence-electron chi connectivity index (χ0n) is 8.56. The first-order valence-electron chi connectivity index (χ1n) is 4.78. The van der Waals surface area contributed by atoms with Gasteiger partial charge in [-0.05, 0) is 23.8 Å². The van der Waals surface area contributed by atoms with Crippen LogP contribution in [0.4, 0.5) is 14.5 Å². The predicted molar refractivity (Wildman–Crippen MR) is 58.4 cm³/mol. The van der Waals surface area contributed by atoms with E-state index >= 15 is 0 Å². The first-order chi connectivity index (χ1) is 8.08. The SMILES string of the molecule is O=[N+]([O-])c1ccccc1-c1cc(F)cc(F)c1. The maximum Gasteiger partial charge on any atom is 0.277 e. The van der Waals surface area contributed by atoms with Crippen LogP contribution in [0.25, 0.3) is 11.1 Å². The molecule has 0 spiro atoms. The van der Waals surface area contributed by atoms with Gasteiger partial charge in [-0.1, -0.05) is 12.1 Å². The van der Waals surface area contributed by atoms with Crippen molar-refractivity contribution in [2.75, 3.05) is 0 Å². The molecule has 2 aromatic rings. The van der Waals surface area contributed by atoms with Gasteiger partial charge in [-0.15, -0.1) is 0 Å². The van der Waals surface area contributed by atoms with Gasteiger partial charge in [-0.3, -0.25) is 10.1 Å². The lowest BCUT2D eigenvalue weighted by molar-refractivity contribution is -0.384. The number of halogens is 2. The van der Waals surface area contributed by atoms with Crippen molar-refractivity contribution >= 4 is 5.69 Å². The number of nitrogens with zero attached hydrogens (tertiary/aromatic N) is 1. The molecule has 5 heteroatoms. The van der Waals surface area contributed by atoms with Crippen LogP contribution in [0.5, 0.6) is 0 Å². The minimum atomic E-state index is -0.766. The molecule has 0 radical (unpaired) electrons. The Bertz CT molecular complexity index is 564. The number of nitro benzene ring substituents is 1. The number of rotatable bonds is 2. The van der Waals surface area contributed by atoms with E-state index in [9.17, 15) is 18.9 Å². The van der Waals surface area contributed by atoms with Gasteiger partial charge in [0.2, 0.25) is 0 Å². The van der Waals surface area contributed by atoms with Gasteiger partial charge in [0.05, 0.1) is 10.5 Å². The number of hydrogen-bond donors (Lipinski definition) is 0. The number of para-hydroxylation sites is 1. The van der Waals surface area contributed by atoms with Crippen molar-refractivity contribution in [2.45, 2.75) is 0 Å². The van der Waals surface area contributed by atoms with E-state index in [0.29, 0.717) is 0 Å². The van der Waals surface area contributed by atoms with Crippen LogP contribution >= 0.6 is 0 Å². The monoisotopic (exact) mass is 235 g/mol. The zero-order valence-corrected chi connectivity index (χ0v) is 8.56. The molecule has 0 heterocycles. The molecule has 2 aromatic carbocycles. The van der Waals surface area contributed by atoms with Gasteiger partial charge in [0.25, 0.3) is 5.69 Å². The second-order valence-corrected chi connectivity index (χ2v) is 3.43. The standard InChI is InChI=1S/C12H7F2NO2/c13-9-5-8(6-10(14)7-9)11-3-1-2-4-12(11)15(16)17/h1-7H. The summed E-state index contributed by atoms with van der Waals surface area (Å²) < 4.78 is 26.1. The Morgan fingerprint density at radius 2 is 1.59 bits per heavy atom. The average Bonchev–Trinajstić information content (AvgIpc) is 2.27. The van der Waals surface area contributed by atoms with Crippen LogP contribution in [0.15, 0.2) is 42.5 Å². The van der Waals surface area contributed by atoms with Gasteiger partial charge >= 0.3 is 0 Å². The highest BCUT2D eigenvalue weighted by Gasteiger charge is 2.15. The van der Waals surface area contributed by atoms with E-state index in [-0.39, 0.29) is 16.8 Å². The number of benzene rings is 2. The van der Waals surface area contributed by atoms with Crippen molar-refractivity contribution in [1.82, 2.24) is 0 Å². The molecular weight excluding hydrogens is 228 g/mol. The highest BCUT2D eigenvalue weighted by Crippen LogP contribution is 2.30. The molecular formula is C12H7F2NO2. The number of nitro groups is 1. The van der Waals surface area contributed by atoms with Crippen LogP contribution in [0.3, 0.4) is 0 Å². The van der Waals surface area contributed by atoms with E-state index in [2.05, 4.69) is 0 Å². The highest BCUT2D eigenvalue weighted by atomic mass is 19.1. The van der Waals surface area contributed by atoms with E-state index in [4.69, 9.17) is 0 Å². The topological polar surface area (TPSA) is 43.1 Å². The summed E-state index contributed by atoms with van der Waals surface area (Å²) in [7, 11) is 0. The molecule has 0 amide bonds. The van der Waals surface area contributed by atoms with Crippen molar-refractivity contribution in [3.05, 3.63) is 64.2 Å². The van der Waals surface area contributed by atoms with Crippen LogP contribution < -0.4 is 0 Å². The number of hydrogen-bond acceptors (Lipinski definition) is 2. The van der Waals surface area contributed by atoms with E-state index in [1.165, 1.54) is 18.2 Å². The molecule has 0 saturated heterocycles. The molecule has 0 bridgehead atoms. The lowest BCUT2D eigenvalue weighted by atomic mass is 10.0. The van der Waals surface area contributed by atoms with Gasteiger partial charge in [0, 0.05) is 12.1 Å². The van der Waals surface area contributed by atoms with Crippen LogP contribution in [-0.4, -0.2) is 4.92 Å². The zero-order chi connectivity index (χ0) is 12.4. The Labute approximate surface area is 95.5 Å². The van der Waals surface area contributed by atoms with Crippen molar-refractivity contribution in [1.29, 1.82) is 0 Å². The highest BCUT2D eigenvalue weighted by molar-refractivity contribution is 5.73. The lowest BCUT2D eigenvalue weighted by Gasteiger charge is -2.03. The van der Waals surface area contributed by atoms with Crippen molar-refractivity contribution in [2.24, 2.45) is 0 Å². The Morgan fingerprint density at radius 1 is 1.00 bits per heavy atom. The van der Waals surface area contributed by atoms with E-state index in [1.54, 1.807) is 6.07 Å². The molecule has 0 fully saturated rings. The Hall–Kier alpha value is -2.30. The maximum atomic E-state index is 13.0. The molecule has 17 heavy (non-hydrogen) atoms. The predicted octanol–water partition coefficient (Wildman–Crippen LogP) is 3.54. The average molecular weight is 235 g/mol. The van der Waals surface area contributed by atoms with Gasteiger partial charge < -0.3 is 0 Å². The van der Waals surface area contributed by atoms with E-state index in [0.717, 1.165) is 18.2 Å². The fourth-order valence-electron chi connectivity index (χ4n) is 1.59. The second-order valence-electron chi connectivity index (χ2n) is 3.43. The summed E-state index contributed by atoms with van der Waals surface area (Å²) in [5, 5.41) is 10.8. The summed E-state index contributed by atoms with van der Waals surface area (Å²) >= 11 is 0. The molecule has 0 aliphatic heterocycles. The molecule has 0 N–H and O–H groups in total. The molecule has 0 aliphatic rings. The molecule has 86 valence electrons.